The lowest BCUT2D eigenvalue weighted by Gasteiger charge is -2.30. The maximum atomic E-state index is 13.8. The van der Waals surface area contributed by atoms with E-state index >= 15 is 0 Å². The Hall–Kier alpha value is -5.10. The molecule has 8 atom stereocenters. The van der Waals surface area contributed by atoms with Crippen molar-refractivity contribution in [3.05, 3.63) is 35.9 Å². The zero-order valence-corrected chi connectivity index (χ0v) is 31.1. The number of hydrogen-bond acceptors (Lipinski definition) is 10. The summed E-state index contributed by atoms with van der Waals surface area (Å²) in [6.45, 7) is 8.78. The molecule has 0 spiro atoms. The van der Waals surface area contributed by atoms with Crippen LogP contribution in [0.25, 0.3) is 0 Å². The fraction of sp³-hybridized carbons (Fsp3) is 0.600. The maximum Gasteiger partial charge on any atom is 0.328 e. The molecule has 0 bridgehead atoms. The van der Waals surface area contributed by atoms with Crippen LogP contribution in [0.2, 0.25) is 0 Å². The van der Waals surface area contributed by atoms with Gasteiger partial charge in [-0.25, -0.2) is 4.79 Å². The van der Waals surface area contributed by atoms with Crippen molar-refractivity contribution in [2.75, 3.05) is 13.2 Å². The predicted octanol–water partition coefficient (Wildman–Crippen LogP) is -2.20. The van der Waals surface area contributed by atoms with Gasteiger partial charge in [0.15, 0.2) is 0 Å². The van der Waals surface area contributed by atoms with Crippen molar-refractivity contribution in [2.24, 2.45) is 29.2 Å². The van der Waals surface area contributed by atoms with Gasteiger partial charge in [-0.3, -0.25) is 33.6 Å². The minimum atomic E-state index is -1.59. The molecule has 0 aliphatic carbocycles. The molecule has 0 saturated heterocycles. The van der Waals surface area contributed by atoms with E-state index in [0.717, 1.165) is 0 Å². The number of aliphatic hydroxyl groups is 1. The van der Waals surface area contributed by atoms with Gasteiger partial charge in [0.25, 0.3) is 0 Å². The second-order valence-electron chi connectivity index (χ2n) is 13.4. The van der Waals surface area contributed by atoms with Gasteiger partial charge in [-0.1, -0.05) is 84.7 Å². The molecule has 1 aromatic rings. The molecule has 0 radical (unpaired) electrons. The quantitative estimate of drug-likeness (QED) is 0.0573. The second-order valence-corrected chi connectivity index (χ2v) is 13.4. The summed E-state index contributed by atoms with van der Waals surface area (Å²) in [4.78, 5) is 102. The Morgan fingerprint density at radius 1 is 0.679 bits per heavy atom. The van der Waals surface area contributed by atoms with Crippen molar-refractivity contribution >= 4 is 47.3 Å². The van der Waals surface area contributed by atoms with Crippen molar-refractivity contribution in [1.82, 2.24) is 31.9 Å². The standard InChI is InChI=1S/C35H56N8O10/c1-7-19(5)28(43-34(51)29(20(6)8-2)42-30(47)22(36)15-25(37)45)33(50)39-23(14-21-12-10-9-11-13-21)31(48)38-16-26(46)41-27(18(3)4)32(49)40-24(17-44)35(52)53/h9-13,18-20,22-24,27-29,44H,7-8,14-17,36H2,1-6H3,(H2,37,45)(H,38,48)(H,39,50)(H,40,49)(H,41,46)(H,42,47)(H,43,51)(H,52,53)/t19-,20-,22-,23-,24-,27-,28-,29-/m0/s1. The number of primary amides is 1. The topological polar surface area (TPSA) is 301 Å². The van der Waals surface area contributed by atoms with Gasteiger partial charge in [0, 0.05) is 6.42 Å². The number of aliphatic hydroxyl groups excluding tert-OH is 1. The highest BCUT2D eigenvalue weighted by atomic mass is 16.4. The van der Waals surface area contributed by atoms with E-state index in [0.29, 0.717) is 18.4 Å². The van der Waals surface area contributed by atoms with Gasteiger partial charge in [-0.15, -0.1) is 0 Å². The molecule has 1 rings (SSSR count). The Morgan fingerprint density at radius 3 is 1.64 bits per heavy atom. The molecule has 18 heteroatoms. The summed E-state index contributed by atoms with van der Waals surface area (Å²) < 4.78 is 0. The van der Waals surface area contributed by atoms with Crippen LogP contribution in [0.1, 0.15) is 66.4 Å². The Morgan fingerprint density at radius 2 is 1.17 bits per heavy atom. The minimum Gasteiger partial charge on any atom is -0.480 e. The first-order valence-corrected chi connectivity index (χ1v) is 17.6. The van der Waals surface area contributed by atoms with Crippen molar-refractivity contribution in [2.45, 2.75) is 103 Å². The molecule has 0 aliphatic heterocycles. The number of nitrogens with two attached hydrogens (primary N) is 2. The molecule has 12 N–H and O–H groups in total. The number of carbonyl (C=O) groups is 8. The lowest BCUT2D eigenvalue weighted by molar-refractivity contribution is -0.143. The number of hydrogen-bond donors (Lipinski definition) is 10. The monoisotopic (exact) mass is 748 g/mol. The van der Waals surface area contributed by atoms with Crippen LogP contribution in [0.3, 0.4) is 0 Å². The molecule has 0 fully saturated rings. The van der Waals surface area contributed by atoms with E-state index < -0.39 is 121 Å². The van der Waals surface area contributed by atoms with Crippen LogP contribution in [-0.4, -0.2) is 107 Å². The largest absolute Gasteiger partial charge is 0.480 e. The third kappa shape index (κ3) is 15.6. The summed E-state index contributed by atoms with van der Waals surface area (Å²) in [6.07, 6.45) is 0.467. The third-order valence-corrected chi connectivity index (χ3v) is 8.75. The van der Waals surface area contributed by atoms with Gasteiger partial charge < -0.3 is 53.6 Å². The number of carbonyl (C=O) groups excluding carboxylic acids is 7. The summed E-state index contributed by atoms with van der Waals surface area (Å²) in [5.41, 5.74) is 11.6. The first-order chi connectivity index (χ1) is 24.9. The van der Waals surface area contributed by atoms with E-state index in [2.05, 4.69) is 31.9 Å². The highest BCUT2D eigenvalue weighted by Gasteiger charge is 2.35. The molecule has 0 unspecified atom stereocenters. The van der Waals surface area contributed by atoms with Crippen LogP contribution in [-0.2, 0) is 44.8 Å². The Balaban J connectivity index is 3.22. The van der Waals surface area contributed by atoms with Gasteiger partial charge in [-0.2, -0.15) is 0 Å². The number of benzene rings is 1. The zero-order valence-electron chi connectivity index (χ0n) is 31.1. The van der Waals surface area contributed by atoms with Crippen molar-refractivity contribution in [3.63, 3.8) is 0 Å². The molecule has 1 aromatic carbocycles. The molecule has 0 saturated carbocycles. The Labute approximate surface area is 309 Å². The van der Waals surface area contributed by atoms with Crippen molar-refractivity contribution < 1.29 is 48.6 Å². The third-order valence-electron chi connectivity index (χ3n) is 8.75. The first-order valence-electron chi connectivity index (χ1n) is 17.6. The summed E-state index contributed by atoms with van der Waals surface area (Å²) in [6, 6.07) is 1.12. The predicted molar refractivity (Wildman–Crippen MR) is 193 cm³/mol. The van der Waals surface area contributed by atoms with E-state index in [1.165, 1.54) is 0 Å². The van der Waals surface area contributed by atoms with Gasteiger partial charge in [0.2, 0.25) is 41.4 Å². The lowest BCUT2D eigenvalue weighted by atomic mass is 9.94. The molecular weight excluding hydrogens is 692 g/mol. The number of nitrogens with one attached hydrogen (secondary N) is 6. The van der Waals surface area contributed by atoms with Gasteiger partial charge in [0.1, 0.15) is 30.2 Å². The van der Waals surface area contributed by atoms with Crippen LogP contribution in [0, 0.1) is 17.8 Å². The normalized spacial score (nSPS) is 15.6. The summed E-state index contributed by atoms with van der Waals surface area (Å²) in [5, 5.41) is 33.4. The smallest absolute Gasteiger partial charge is 0.328 e. The van der Waals surface area contributed by atoms with Crippen LogP contribution in [0.4, 0.5) is 0 Å². The van der Waals surface area contributed by atoms with E-state index in [4.69, 9.17) is 16.6 Å². The summed E-state index contributed by atoms with van der Waals surface area (Å²) in [7, 11) is 0. The number of carboxylic acids is 1. The van der Waals surface area contributed by atoms with E-state index in [9.17, 15) is 43.5 Å². The van der Waals surface area contributed by atoms with Gasteiger partial charge in [0.05, 0.1) is 25.6 Å². The second kappa shape index (κ2) is 22.8. The Bertz CT molecular complexity index is 1430. The molecule has 53 heavy (non-hydrogen) atoms. The van der Waals surface area contributed by atoms with Crippen LogP contribution in [0.5, 0.6) is 0 Å². The van der Waals surface area contributed by atoms with Gasteiger partial charge >= 0.3 is 5.97 Å². The summed E-state index contributed by atoms with van der Waals surface area (Å²) >= 11 is 0. The molecular formula is C35H56N8O10. The number of aliphatic carboxylic acids is 1. The molecule has 0 aliphatic rings. The molecule has 296 valence electrons. The maximum absolute atomic E-state index is 13.8. The van der Waals surface area contributed by atoms with Crippen LogP contribution < -0.4 is 43.4 Å². The molecule has 7 amide bonds. The highest BCUT2D eigenvalue weighted by Crippen LogP contribution is 2.14. The van der Waals surface area contributed by atoms with E-state index in [-0.39, 0.29) is 6.42 Å². The Kier molecular flexibility index (Phi) is 19.7. The van der Waals surface area contributed by atoms with Crippen molar-refractivity contribution in [3.8, 4) is 0 Å². The zero-order chi connectivity index (χ0) is 40.4. The van der Waals surface area contributed by atoms with E-state index in [1.807, 2.05) is 0 Å². The fourth-order valence-electron chi connectivity index (χ4n) is 5.03. The molecule has 0 aromatic heterocycles. The first kappa shape index (κ1) is 45.9. The van der Waals surface area contributed by atoms with Gasteiger partial charge in [-0.05, 0) is 23.3 Å². The van der Waals surface area contributed by atoms with Crippen molar-refractivity contribution in [1.29, 1.82) is 0 Å². The average Bonchev–Trinajstić information content (AvgIpc) is 3.11. The van der Waals surface area contributed by atoms with Crippen LogP contribution in [0.15, 0.2) is 30.3 Å². The van der Waals surface area contributed by atoms with E-state index in [1.54, 1.807) is 71.9 Å². The number of amides is 7. The molecule has 0 heterocycles. The van der Waals surface area contributed by atoms with Crippen LogP contribution >= 0.6 is 0 Å². The highest BCUT2D eigenvalue weighted by molar-refractivity contribution is 5.97. The lowest BCUT2D eigenvalue weighted by Crippen LogP contribution is -2.61. The fourth-order valence-corrected chi connectivity index (χ4v) is 5.03. The molecule has 18 nitrogen and oxygen atoms in total. The summed E-state index contributed by atoms with van der Waals surface area (Å²) in [5.74, 6) is -8.16. The SMILES string of the molecule is CC[C@H](C)[C@H](NC(=O)[C@@H](NC(=O)[C@@H](N)CC(N)=O)[C@@H](C)CC)C(=O)N[C@@H](Cc1ccccc1)C(=O)NCC(=O)N[C@H](C(=O)N[C@@H](CO)C(=O)O)C(C)C. The minimum absolute atomic E-state index is 0.000725. The number of rotatable bonds is 23. The number of carboxylic acid groups (broad SMARTS) is 1. The average molecular weight is 749 g/mol.